The van der Waals surface area contributed by atoms with E-state index < -0.39 is 0 Å². The molecule has 1 heteroatoms. The summed E-state index contributed by atoms with van der Waals surface area (Å²) >= 11 is 0. The zero-order valence-electron chi connectivity index (χ0n) is 6.84. The Morgan fingerprint density at radius 3 is 2.50 bits per heavy atom. The molecule has 0 aromatic carbocycles. The van der Waals surface area contributed by atoms with Gasteiger partial charge in [0.1, 0.15) is 6.29 Å². The molecule has 0 aliphatic carbocycles. The SMILES string of the molecule is CCC=C[C@H](CC)CC=O. The fourth-order valence-corrected chi connectivity index (χ4v) is 0.833. The molecule has 0 N–H and O–H groups in total. The summed E-state index contributed by atoms with van der Waals surface area (Å²) in [5.41, 5.74) is 0. The number of hydrogen-bond acceptors (Lipinski definition) is 1. The molecule has 0 fully saturated rings. The van der Waals surface area contributed by atoms with E-state index in [0.717, 1.165) is 19.1 Å². The van der Waals surface area contributed by atoms with E-state index >= 15 is 0 Å². The van der Waals surface area contributed by atoms with Gasteiger partial charge in [-0.2, -0.15) is 0 Å². The van der Waals surface area contributed by atoms with Crippen molar-refractivity contribution < 1.29 is 4.79 Å². The molecular weight excluding hydrogens is 124 g/mol. The van der Waals surface area contributed by atoms with Gasteiger partial charge >= 0.3 is 0 Å². The van der Waals surface area contributed by atoms with E-state index in [1.165, 1.54) is 0 Å². The minimum Gasteiger partial charge on any atom is -0.303 e. The van der Waals surface area contributed by atoms with Crippen molar-refractivity contribution in [1.82, 2.24) is 0 Å². The van der Waals surface area contributed by atoms with Crippen LogP contribution in [0.3, 0.4) is 0 Å². The summed E-state index contributed by atoms with van der Waals surface area (Å²) in [5.74, 6) is 0.470. The van der Waals surface area contributed by atoms with E-state index in [2.05, 4.69) is 26.0 Å². The van der Waals surface area contributed by atoms with Crippen LogP contribution in [0.15, 0.2) is 12.2 Å². The first-order chi connectivity index (χ1) is 4.85. The molecule has 0 aromatic heterocycles. The van der Waals surface area contributed by atoms with Gasteiger partial charge in [0.2, 0.25) is 0 Å². The lowest BCUT2D eigenvalue weighted by Crippen LogP contribution is -1.93. The Morgan fingerprint density at radius 2 is 2.10 bits per heavy atom. The fourth-order valence-electron chi connectivity index (χ4n) is 0.833. The van der Waals surface area contributed by atoms with Crippen LogP contribution in [0.25, 0.3) is 0 Å². The van der Waals surface area contributed by atoms with Gasteiger partial charge in [0, 0.05) is 6.42 Å². The van der Waals surface area contributed by atoms with Crippen molar-refractivity contribution in [2.24, 2.45) is 5.92 Å². The maximum absolute atomic E-state index is 10.1. The molecule has 58 valence electrons. The average Bonchev–Trinajstić information content (AvgIpc) is 1.98. The minimum absolute atomic E-state index is 0.470. The van der Waals surface area contributed by atoms with Gasteiger partial charge in [-0.15, -0.1) is 0 Å². The molecule has 10 heavy (non-hydrogen) atoms. The molecule has 0 bridgehead atoms. The Labute approximate surface area is 63.1 Å². The van der Waals surface area contributed by atoms with E-state index in [1.807, 2.05) is 0 Å². The number of allylic oxidation sites excluding steroid dienone is 2. The summed E-state index contributed by atoms with van der Waals surface area (Å²) in [6, 6.07) is 0. The molecule has 0 spiro atoms. The number of aldehydes is 1. The predicted octanol–water partition coefficient (Wildman–Crippen LogP) is 2.57. The molecule has 0 saturated carbocycles. The standard InChI is InChI=1S/C9H16O/c1-3-5-6-9(4-2)7-8-10/h5-6,8-9H,3-4,7H2,1-2H3/t9-/m0/s1. The van der Waals surface area contributed by atoms with Crippen LogP contribution in [0.5, 0.6) is 0 Å². The molecule has 0 aliphatic heterocycles. The summed E-state index contributed by atoms with van der Waals surface area (Å²) in [7, 11) is 0. The molecule has 0 aliphatic rings. The lowest BCUT2D eigenvalue weighted by atomic mass is 10.0. The molecule has 1 atom stereocenters. The average molecular weight is 140 g/mol. The van der Waals surface area contributed by atoms with Crippen LogP contribution in [0.2, 0.25) is 0 Å². The van der Waals surface area contributed by atoms with Gasteiger partial charge in [0.15, 0.2) is 0 Å². The molecule has 0 saturated heterocycles. The van der Waals surface area contributed by atoms with Crippen molar-refractivity contribution in [2.75, 3.05) is 0 Å². The van der Waals surface area contributed by atoms with Gasteiger partial charge in [-0.1, -0.05) is 26.0 Å². The van der Waals surface area contributed by atoms with Crippen LogP contribution < -0.4 is 0 Å². The Bertz CT molecular complexity index is 105. The van der Waals surface area contributed by atoms with Crippen molar-refractivity contribution in [3.8, 4) is 0 Å². The predicted molar refractivity (Wildman–Crippen MR) is 43.9 cm³/mol. The lowest BCUT2D eigenvalue weighted by Gasteiger charge is -2.02. The molecule has 0 heterocycles. The van der Waals surface area contributed by atoms with Gasteiger partial charge in [0.25, 0.3) is 0 Å². The smallest absolute Gasteiger partial charge is 0.120 e. The van der Waals surface area contributed by atoms with E-state index in [4.69, 9.17) is 0 Å². The second-order valence-corrected chi connectivity index (χ2v) is 2.41. The van der Waals surface area contributed by atoms with Crippen LogP contribution in [-0.2, 0) is 4.79 Å². The van der Waals surface area contributed by atoms with Gasteiger partial charge in [-0.05, 0) is 18.8 Å². The zero-order chi connectivity index (χ0) is 7.82. The first-order valence-electron chi connectivity index (χ1n) is 3.95. The largest absolute Gasteiger partial charge is 0.303 e. The monoisotopic (exact) mass is 140 g/mol. The topological polar surface area (TPSA) is 17.1 Å². The second-order valence-electron chi connectivity index (χ2n) is 2.41. The van der Waals surface area contributed by atoms with Crippen molar-refractivity contribution in [3.05, 3.63) is 12.2 Å². The lowest BCUT2D eigenvalue weighted by molar-refractivity contribution is -0.108. The fraction of sp³-hybridized carbons (Fsp3) is 0.667. The highest BCUT2D eigenvalue weighted by atomic mass is 16.1. The third kappa shape index (κ3) is 4.30. The Hall–Kier alpha value is -0.590. The zero-order valence-corrected chi connectivity index (χ0v) is 6.84. The first kappa shape index (κ1) is 9.41. The number of carbonyl (C=O) groups excluding carboxylic acids is 1. The highest BCUT2D eigenvalue weighted by Crippen LogP contribution is 2.07. The maximum atomic E-state index is 10.1. The molecule has 1 nitrogen and oxygen atoms in total. The normalized spacial score (nSPS) is 13.8. The number of carbonyl (C=O) groups is 1. The molecule has 0 amide bonds. The highest BCUT2D eigenvalue weighted by molar-refractivity contribution is 5.50. The third-order valence-corrected chi connectivity index (χ3v) is 1.57. The highest BCUT2D eigenvalue weighted by Gasteiger charge is 1.97. The van der Waals surface area contributed by atoms with Crippen molar-refractivity contribution in [3.63, 3.8) is 0 Å². The molecule has 0 unspecified atom stereocenters. The van der Waals surface area contributed by atoms with Crippen LogP contribution >= 0.6 is 0 Å². The van der Waals surface area contributed by atoms with Crippen LogP contribution in [0, 0.1) is 5.92 Å². The Kier molecular flexibility index (Phi) is 6.14. The van der Waals surface area contributed by atoms with Crippen molar-refractivity contribution in [1.29, 1.82) is 0 Å². The van der Waals surface area contributed by atoms with Crippen molar-refractivity contribution in [2.45, 2.75) is 33.1 Å². The van der Waals surface area contributed by atoms with Crippen LogP contribution in [-0.4, -0.2) is 6.29 Å². The van der Waals surface area contributed by atoms with Crippen LogP contribution in [0.1, 0.15) is 33.1 Å². The third-order valence-electron chi connectivity index (χ3n) is 1.57. The van der Waals surface area contributed by atoms with Crippen LogP contribution in [0.4, 0.5) is 0 Å². The summed E-state index contributed by atoms with van der Waals surface area (Å²) < 4.78 is 0. The van der Waals surface area contributed by atoms with E-state index in [0.29, 0.717) is 12.3 Å². The number of rotatable bonds is 5. The maximum Gasteiger partial charge on any atom is 0.120 e. The summed E-state index contributed by atoms with van der Waals surface area (Å²) in [6.07, 6.45) is 8.05. The van der Waals surface area contributed by atoms with Gasteiger partial charge in [-0.25, -0.2) is 0 Å². The van der Waals surface area contributed by atoms with Gasteiger partial charge < -0.3 is 4.79 Å². The van der Waals surface area contributed by atoms with E-state index in [1.54, 1.807) is 0 Å². The molecular formula is C9H16O. The van der Waals surface area contributed by atoms with E-state index in [9.17, 15) is 4.79 Å². The second kappa shape index (κ2) is 6.53. The minimum atomic E-state index is 0.470. The number of hydrogen-bond donors (Lipinski definition) is 0. The summed E-state index contributed by atoms with van der Waals surface area (Å²) in [6.45, 7) is 4.21. The molecule has 0 aromatic rings. The first-order valence-corrected chi connectivity index (χ1v) is 3.95. The van der Waals surface area contributed by atoms with Crippen molar-refractivity contribution >= 4 is 6.29 Å². The van der Waals surface area contributed by atoms with E-state index in [-0.39, 0.29) is 0 Å². The summed E-state index contributed by atoms with van der Waals surface area (Å²) in [5, 5.41) is 0. The Morgan fingerprint density at radius 1 is 1.40 bits per heavy atom. The molecule has 0 radical (unpaired) electrons. The quantitative estimate of drug-likeness (QED) is 0.423. The van der Waals surface area contributed by atoms with Gasteiger partial charge in [-0.3, -0.25) is 0 Å². The summed E-state index contributed by atoms with van der Waals surface area (Å²) in [4.78, 5) is 10.1. The van der Waals surface area contributed by atoms with Gasteiger partial charge in [0.05, 0.1) is 0 Å². The Balaban J connectivity index is 3.58. The molecule has 0 rings (SSSR count).